The van der Waals surface area contributed by atoms with E-state index >= 15 is 0 Å². The van der Waals surface area contributed by atoms with Gasteiger partial charge in [-0.2, -0.15) is 0 Å². The van der Waals surface area contributed by atoms with Crippen molar-refractivity contribution in [3.05, 3.63) is 65.7 Å². The first-order chi connectivity index (χ1) is 11.0. The standard InChI is InChI=1S/C17H19O5P/c1-2-22-23(19,20)13-17(18)15-9-6-10-16(11-15)21-12-14-7-4-3-5-8-14/h3-11H,2,12-13H2,1H3,(H,19,20). The van der Waals surface area contributed by atoms with E-state index in [1.54, 1.807) is 31.2 Å². The minimum absolute atomic E-state index is 0.0846. The van der Waals surface area contributed by atoms with Gasteiger partial charge in [0, 0.05) is 5.56 Å². The smallest absolute Gasteiger partial charge is 0.335 e. The van der Waals surface area contributed by atoms with E-state index in [9.17, 15) is 14.3 Å². The van der Waals surface area contributed by atoms with E-state index in [-0.39, 0.29) is 6.61 Å². The van der Waals surface area contributed by atoms with E-state index in [2.05, 4.69) is 0 Å². The van der Waals surface area contributed by atoms with E-state index < -0.39 is 19.5 Å². The average Bonchev–Trinajstić information content (AvgIpc) is 2.53. The second-order valence-corrected chi connectivity index (χ2v) is 6.79. The molecule has 0 saturated carbocycles. The monoisotopic (exact) mass is 334 g/mol. The molecular weight excluding hydrogens is 315 g/mol. The molecule has 0 aliphatic carbocycles. The van der Waals surface area contributed by atoms with Gasteiger partial charge < -0.3 is 14.2 Å². The Morgan fingerprint density at radius 1 is 1.13 bits per heavy atom. The molecule has 0 spiro atoms. The zero-order valence-electron chi connectivity index (χ0n) is 12.8. The molecule has 0 aliphatic heterocycles. The zero-order chi connectivity index (χ0) is 16.7. The highest BCUT2D eigenvalue weighted by Gasteiger charge is 2.24. The Hall–Kier alpha value is -1.94. The van der Waals surface area contributed by atoms with E-state index in [1.165, 1.54) is 0 Å². The fourth-order valence-corrected chi connectivity index (χ4v) is 3.06. The third kappa shape index (κ3) is 5.64. The summed E-state index contributed by atoms with van der Waals surface area (Å²) in [5.74, 6) is 0.0818. The van der Waals surface area contributed by atoms with Crippen molar-refractivity contribution >= 4 is 13.4 Å². The SMILES string of the molecule is CCOP(=O)(O)CC(=O)c1cccc(OCc2ccccc2)c1. The van der Waals surface area contributed by atoms with Gasteiger partial charge in [0.25, 0.3) is 0 Å². The van der Waals surface area contributed by atoms with Gasteiger partial charge in [-0.3, -0.25) is 9.36 Å². The largest absolute Gasteiger partial charge is 0.489 e. The van der Waals surface area contributed by atoms with Gasteiger partial charge in [-0.05, 0) is 24.6 Å². The average molecular weight is 334 g/mol. The van der Waals surface area contributed by atoms with Gasteiger partial charge >= 0.3 is 7.60 Å². The van der Waals surface area contributed by atoms with Crippen LogP contribution in [0.5, 0.6) is 5.75 Å². The number of benzene rings is 2. The number of ketones is 1. The predicted molar refractivity (Wildman–Crippen MR) is 87.9 cm³/mol. The minimum Gasteiger partial charge on any atom is -0.489 e. The second-order valence-electron chi connectivity index (χ2n) is 4.94. The van der Waals surface area contributed by atoms with Crippen LogP contribution in [0.3, 0.4) is 0 Å². The molecule has 0 saturated heterocycles. The molecular formula is C17H19O5P. The molecule has 0 heterocycles. The summed E-state index contributed by atoms with van der Waals surface area (Å²) in [5.41, 5.74) is 1.34. The number of carbonyl (C=O) groups excluding carboxylic acids is 1. The third-order valence-corrected chi connectivity index (χ3v) is 4.43. The number of ether oxygens (including phenoxy) is 1. The first kappa shape index (κ1) is 17.4. The van der Waals surface area contributed by atoms with Gasteiger partial charge in [0.1, 0.15) is 18.5 Å². The van der Waals surface area contributed by atoms with Crippen molar-refractivity contribution in [2.75, 3.05) is 12.8 Å². The summed E-state index contributed by atoms with van der Waals surface area (Å²) < 4.78 is 22.0. The number of Topliss-reactive ketones (excluding diaryl/α,β-unsaturated/α-hetero) is 1. The molecule has 0 fully saturated rings. The van der Waals surface area contributed by atoms with Crippen LogP contribution in [-0.4, -0.2) is 23.4 Å². The summed E-state index contributed by atoms with van der Waals surface area (Å²) in [6, 6.07) is 16.2. The normalized spacial score (nSPS) is 13.3. The van der Waals surface area contributed by atoms with E-state index in [0.717, 1.165) is 5.56 Å². The van der Waals surface area contributed by atoms with Crippen LogP contribution in [-0.2, 0) is 15.7 Å². The Labute approximate surface area is 135 Å². The Morgan fingerprint density at radius 2 is 1.87 bits per heavy atom. The molecule has 0 aliphatic rings. The Kier molecular flexibility index (Phi) is 6.11. The van der Waals surface area contributed by atoms with Crippen molar-refractivity contribution in [1.82, 2.24) is 0 Å². The van der Waals surface area contributed by atoms with Crippen LogP contribution in [0, 0.1) is 0 Å². The van der Waals surface area contributed by atoms with Crippen molar-refractivity contribution in [1.29, 1.82) is 0 Å². The minimum atomic E-state index is -3.88. The van der Waals surface area contributed by atoms with Gasteiger partial charge in [-0.25, -0.2) is 0 Å². The fraction of sp³-hybridized carbons (Fsp3) is 0.235. The fourth-order valence-electron chi connectivity index (χ4n) is 2.02. The van der Waals surface area contributed by atoms with Crippen molar-refractivity contribution in [2.45, 2.75) is 13.5 Å². The van der Waals surface area contributed by atoms with Crippen molar-refractivity contribution in [3.8, 4) is 5.75 Å². The van der Waals surface area contributed by atoms with Crippen LogP contribution in [0.25, 0.3) is 0 Å². The summed E-state index contributed by atoms with van der Waals surface area (Å²) in [6.45, 7) is 2.07. The van der Waals surface area contributed by atoms with Crippen molar-refractivity contribution in [3.63, 3.8) is 0 Å². The predicted octanol–water partition coefficient (Wildman–Crippen LogP) is 3.67. The molecule has 1 N–H and O–H groups in total. The van der Waals surface area contributed by atoms with Crippen LogP contribution in [0.1, 0.15) is 22.8 Å². The molecule has 0 aromatic heterocycles. The van der Waals surface area contributed by atoms with E-state index in [4.69, 9.17) is 9.26 Å². The number of carbonyl (C=O) groups is 1. The molecule has 23 heavy (non-hydrogen) atoms. The van der Waals surface area contributed by atoms with Gasteiger partial charge in [-0.15, -0.1) is 0 Å². The van der Waals surface area contributed by atoms with Crippen molar-refractivity contribution < 1.29 is 23.5 Å². The summed E-state index contributed by atoms with van der Waals surface area (Å²) in [4.78, 5) is 21.6. The van der Waals surface area contributed by atoms with Crippen LogP contribution >= 0.6 is 7.60 Å². The molecule has 2 aromatic rings. The number of hydrogen-bond acceptors (Lipinski definition) is 4. The topological polar surface area (TPSA) is 72.8 Å². The van der Waals surface area contributed by atoms with Crippen LogP contribution in [0.2, 0.25) is 0 Å². The van der Waals surface area contributed by atoms with E-state index in [1.807, 2.05) is 30.3 Å². The molecule has 2 aromatic carbocycles. The van der Waals surface area contributed by atoms with E-state index in [0.29, 0.717) is 17.9 Å². The summed E-state index contributed by atoms with van der Waals surface area (Å²) in [5, 5.41) is 0. The molecule has 5 nitrogen and oxygen atoms in total. The quantitative estimate of drug-likeness (QED) is 0.589. The number of hydrogen-bond donors (Lipinski definition) is 1. The highest BCUT2D eigenvalue weighted by atomic mass is 31.2. The van der Waals surface area contributed by atoms with Gasteiger partial charge in [0.05, 0.1) is 6.61 Å². The molecule has 1 unspecified atom stereocenters. The lowest BCUT2D eigenvalue weighted by atomic mass is 10.1. The molecule has 6 heteroatoms. The molecule has 1 atom stereocenters. The first-order valence-electron chi connectivity index (χ1n) is 7.26. The molecule has 0 radical (unpaired) electrons. The van der Waals surface area contributed by atoms with Crippen molar-refractivity contribution in [2.24, 2.45) is 0 Å². The van der Waals surface area contributed by atoms with Gasteiger partial charge in [-0.1, -0.05) is 42.5 Å². The highest BCUT2D eigenvalue weighted by Crippen LogP contribution is 2.42. The maximum Gasteiger partial charge on any atom is 0.335 e. The van der Waals surface area contributed by atoms with Crippen LogP contribution < -0.4 is 4.74 Å². The maximum atomic E-state index is 12.1. The summed E-state index contributed by atoms with van der Waals surface area (Å²) >= 11 is 0. The van der Waals surface area contributed by atoms with Gasteiger partial charge in [0.15, 0.2) is 5.78 Å². The maximum absolute atomic E-state index is 12.1. The van der Waals surface area contributed by atoms with Crippen LogP contribution in [0.4, 0.5) is 0 Å². The Morgan fingerprint density at radius 3 is 2.57 bits per heavy atom. The molecule has 2 rings (SSSR count). The van der Waals surface area contributed by atoms with Gasteiger partial charge in [0.2, 0.25) is 0 Å². The lowest BCUT2D eigenvalue weighted by Gasteiger charge is -2.11. The Balaban J connectivity index is 2.01. The Bertz CT molecular complexity index is 699. The summed E-state index contributed by atoms with van der Waals surface area (Å²) in [6.07, 6.45) is -0.539. The molecule has 122 valence electrons. The lowest BCUT2D eigenvalue weighted by Crippen LogP contribution is -2.08. The summed E-state index contributed by atoms with van der Waals surface area (Å²) in [7, 11) is -3.88. The molecule has 0 amide bonds. The zero-order valence-corrected chi connectivity index (χ0v) is 13.7. The first-order valence-corrected chi connectivity index (χ1v) is 9.03. The third-order valence-electron chi connectivity index (χ3n) is 3.08. The lowest BCUT2D eigenvalue weighted by molar-refractivity contribution is 0.101. The molecule has 0 bridgehead atoms. The van der Waals surface area contributed by atoms with Crippen LogP contribution in [0.15, 0.2) is 54.6 Å². The highest BCUT2D eigenvalue weighted by molar-refractivity contribution is 7.53. The second kappa shape index (κ2) is 8.06. The number of rotatable bonds is 8.